The molecule has 0 radical (unpaired) electrons. The Hall–Kier alpha value is -3.63. The van der Waals surface area contributed by atoms with Crippen molar-refractivity contribution in [2.24, 2.45) is 5.92 Å². The molecule has 3 N–H and O–H groups in total. The van der Waals surface area contributed by atoms with Crippen molar-refractivity contribution in [3.05, 3.63) is 60.3 Å². The summed E-state index contributed by atoms with van der Waals surface area (Å²) in [6.07, 6.45) is 5.51. The Kier molecular flexibility index (Phi) is 7.03. The third kappa shape index (κ3) is 6.03. The van der Waals surface area contributed by atoms with Crippen molar-refractivity contribution < 1.29 is 13.2 Å². The molecule has 1 aliphatic rings. The second-order valence-corrected chi connectivity index (χ2v) is 11.5. The van der Waals surface area contributed by atoms with Crippen LogP contribution in [-0.4, -0.2) is 54.7 Å². The van der Waals surface area contributed by atoms with Crippen LogP contribution in [0.15, 0.2) is 54.7 Å². The molecule has 4 aromatic rings. The molecule has 3 heterocycles. The predicted molar refractivity (Wildman–Crippen MR) is 148 cm³/mol. The highest BCUT2D eigenvalue weighted by Crippen LogP contribution is 2.35. The monoisotopic (exact) mass is 520 g/mol. The number of nitrogens with one attached hydrogen (secondary N) is 3. The fourth-order valence-electron chi connectivity index (χ4n) is 4.66. The molecule has 2 aromatic heterocycles. The zero-order chi connectivity index (χ0) is 26.0. The van der Waals surface area contributed by atoms with Gasteiger partial charge >= 0.3 is 0 Å². The van der Waals surface area contributed by atoms with Crippen molar-refractivity contribution in [1.29, 1.82) is 0 Å². The van der Waals surface area contributed by atoms with Crippen molar-refractivity contribution in [1.82, 2.24) is 19.9 Å². The number of fused-ring (bicyclic) bond motifs is 1. The molecule has 1 saturated heterocycles. The van der Waals surface area contributed by atoms with Gasteiger partial charge in [-0.3, -0.25) is 9.62 Å². The van der Waals surface area contributed by atoms with Crippen LogP contribution in [0.5, 0.6) is 5.88 Å². The number of nitrogens with zero attached hydrogens (tertiary/aromatic N) is 3. The first-order chi connectivity index (χ1) is 17.8. The lowest BCUT2D eigenvalue weighted by Crippen LogP contribution is -2.32. The highest BCUT2D eigenvalue weighted by molar-refractivity contribution is 7.92. The summed E-state index contributed by atoms with van der Waals surface area (Å²) >= 11 is 0. The lowest BCUT2D eigenvalue weighted by molar-refractivity contribution is 0.185. The highest BCUT2D eigenvalue weighted by atomic mass is 32.2. The number of aromatic nitrogens is 3. The molecule has 0 spiro atoms. The number of anilines is 3. The van der Waals surface area contributed by atoms with Gasteiger partial charge < -0.3 is 15.0 Å². The molecule has 2 aromatic carbocycles. The first-order valence-corrected chi connectivity index (χ1v) is 14.3. The smallest absolute Gasteiger partial charge is 0.232 e. The number of sulfonamides is 1. The van der Waals surface area contributed by atoms with E-state index in [0.717, 1.165) is 54.0 Å². The number of hydrogen-bond acceptors (Lipinski definition) is 7. The molecule has 10 heteroatoms. The molecule has 0 bridgehead atoms. The van der Waals surface area contributed by atoms with Crippen LogP contribution in [0.25, 0.3) is 22.2 Å². The number of piperidine rings is 1. The molecule has 0 aliphatic carbocycles. The zero-order valence-corrected chi connectivity index (χ0v) is 22.1. The van der Waals surface area contributed by atoms with Crippen molar-refractivity contribution in [2.45, 2.75) is 26.3 Å². The van der Waals surface area contributed by atoms with Gasteiger partial charge in [-0.1, -0.05) is 31.2 Å². The Bertz CT molecular complexity index is 1480. The van der Waals surface area contributed by atoms with Gasteiger partial charge in [-0.15, -0.1) is 0 Å². The van der Waals surface area contributed by atoms with Crippen LogP contribution in [0, 0.1) is 5.92 Å². The van der Waals surface area contributed by atoms with Gasteiger partial charge in [0.15, 0.2) is 0 Å². The number of likely N-dealkylation sites (tertiary alicyclic amines) is 1. The zero-order valence-electron chi connectivity index (χ0n) is 21.3. The van der Waals surface area contributed by atoms with E-state index in [-0.39, 0.29) is 0 Å². The molecular formula is C27H32N6O3S. The number of benzene rings is 2. The van der Waals surface area contributed by atoms with Gasteiger partial charge in [0.25, 0.3) is 0 Å². The molecule has 0 unspecified atom stereocenters. The average molecular weight is 521 g/mol. The normalized spacial score (nSPS) is 15.1. The van der Waals surface area contributed by atoms with Gasteiger partial charge in [0.05, 0.1) is 18.8 Å². The Morgan fingerprint density at radius 3 is 2.35 bits per heavy atom. The molecule has 194 valence electrons. The molecular weight excluding hydrogens is 488 g/mol. The van der Waals surface area contributed by atoms with Gasteiger partial charge in [-0.05, 0) is 67.2 Å². The average Bonchev–Trinajstić information content (AvgIpc) is 3.30. The molecule has 9 nitrogen and oxygen atoms in total. The summed E-state index contributed by atoms with van der Waals surface area (Å²) in [5.74, 6) is 1.71. The molecule has 1 aliphatic heterocycles. The van der Waals surface area contributed by atoms with Crippen molar-refractivity contribution in [3.63, 3.8) is 0 Å². The molecule has 0 saturated carbocycles. The maximum atomic E-state index is 11.5. The number of aromatic amines is 1. The molecule has 0 atom stereocenters. The van der Waals surface area contributed by atoms with Gasteiger partial charge in [0, 0.05) is 29.7 Å². The van der Waals surface area contributed by atoms with Crippen molar-refractivity contribution in [2.75, 3.05) is 36.5 Å². The maximum Gasteiger partial charge on any atom is 0.232 e. The van der Waals surface area contributed by atoms with Gasteiger partial charge in [-0.2, -0.15) is 9.97 Å². The number of hydrogen-bond donors (Lipinski definition) is 3. The summed E-state index contributed by atoms with van der Waals surface area (Å²) in [6.45, 7) is 5.63. The van der Waals surface area contributed by atoms with Crippen LogP contribution in [0.4, 0.5) is 17.3 Å². The van der Waals surface area contributed by atoms with Crippen molar-refractivity contribution >= 4 is 38.4 Å². The number of H-pyrrole nitrogens is 1. The minimum Gasteiger partial charge on any atom is -0.480 e. The topological polar surface area (TPSA) is 112 Å². The SMILES string of the molecule is COc1nc(Nc2ccc(CN3CCC(C)CC3)cc2)nc2[nH]cc(-c3ccc(NS(C)(=O)=O)cc3)c12. The Morgan fingerprint density at radius 2 is 1.70 bits per heavy atom. The third-order valence-electron chi connectivity index (χ3n) is 6.68. The fourth-order valence-corrected chi connectivity index (χ4v) is 5.23. The third-order valence-corrected chi connectivity index (χ3v) is 7.29. The van der Waals surface area contributed by atoms with Gasteiger partial charge in [-0.25, -0.2) is 8.42 Å². The molecule has 0 amide bonds. The van der Waals surface area contributed by atoms with Crippen LogP contribution in [0.1, 0.15) is 25.3 Å². The lowest BCUT2D eigenvalue weighted by atomic mass is 9.99. The van der Waals surface area contributed by atoms with Crippen LogP contribution in [-0.2, 0) is 16.6 Å². The summed E-state index contributed by atoms with van der Waals surface area (Å²) in [5.41, 5.74) is 5.07. The largest absolute Gasteiger partial charge is 0.480 e. The van der Waals surface area contributed by atoms with Crippen molar-refractivity contribution in [3.8, 4) is 17.0 Å². The van der Waals surface area contributed by atoms with E-state index in [1.165, 1.54) is 18.4 Å². The number of methoxy groups -OCH3 is 1. The van der Waals surface area contributed by atoms with Gasteiger partial charge in [0.2, 0.25) is 21.9 Å². The highest BCUT2D eigenvalue weighted by Gasteiger charge is 2.17. The summed E-state index contributed by atoms with van der Waals surface area (Å²) in [5, 5.41) is 4.04. The minimum absolute atomic E-state index is 0.434. The van der Waals surface area contributed by atoms with E-state index in [0.29, 0.717) is 23.2 Å². The second-order valence-electron chi connectivity index (χ2n) is 9.71. The second kappa shape index (κ2) is 10.4. The van der Waals surface area contributed by atoms with Crippen LogP contribution < -0.4 is 14.8 Å². The first-order valence-electron chi connectivity index (χ1n) is 12.4. The van der Waals surface area contributed by atoms with Crippen LogP contribution in [0.3, 0.4) is 0 Å². The van der Waals surface area contributed by atoms with E-state index in [1.807, 2.05) is 30.5 Å². The van der Waals surface area contributed by atoms with E-state index >= 15 is 0 Å². The predicted octanol–water partition coefficient (Wildman–Crippen LogP) is 4.98. The summed E-state index contributed by atoms with van der Waals surface area (Å²) < 4.78 is 31.1. The fraction of sp³-hybridized carbons (Fsp3) is 0.333. The minimum atomic E-state index is -3.34. The van der Waals surface area contributed by atoms with Crippen LogP contribution >= 0.6 is 0 Å². The summed E-state index contributed by atoms with van der Waals surface area (Å²) in [7, 11) is -1.76. The van der Waals surface area contributed by atoms with E-state index < -0.39 is 10.0 Å². The number of ether oxygens (including phenoxy) is 1. The van der Waals surface area contributed by atoms with Gasteiger partial charge in [0.1, 0.15) is 5.65 Å². The molecule has 5 rings (SSSR count). The Balaban J connectivity index is 1.33. The Morgan fingerprint density at radius 1 is 1.03 bits per heavy atom. The summed E-state index contributed by atoms with van der Waals surface area (Å²) in [4.78, 5) is 15.0. The summed E-state index contributed by atoms with van der Waals surface area (Å²) in [6, 6.07) is 15.5. The number of rotatable bonds is 8. The molecule has 37 heavy (non-hydrogen) atoms. The Labute approximate surface area is 217 Å². The van der Waals surface area contributed by atoms with E-state index in [1.54, 1.807) is 19.2 Å². The lowest BCUT2D eigenvalue weighted by Gasteiger charge is -2.30. The molecule has 1 fully saturated rings. The van der Waals surface area contributed by atoms with E-state index in [9.17, 15) is 8.42 Å². The standard InChI is InChI=1S/C27H32N6O3S/c1-18-12-14-33(15-13-18)17-19-4-8-21(9-5-19)29-27-30-25-24(26(31-27)36-2)23(16-28-25)20-6-10-22(11-7-20)32-37(3,34)35/h4-11,16,18,32H,12-15,17H2,1-3H3,(H2,28,29,30,31). The quantitative estimate of drug-likeness (QED) is 0.300. The first kappa shape index (κ1) is 25.0. The van der Waals surface area contributed by atoms with E-state index in [2.05, 4.69) is 48.9 Å². The van der Waals surface area contributed by atoms with Crippen LogP contribution in [0.2, 0.25) is 0 Å². The van der Waals surface area contributed by atoms with E-state index in [4.69, 9.17) is 4.74 Å². The maximum absolute atomic E-state index is 11.5.